The number of hydrogen-bond donors (Lipinski definition) is 1. The largest absolute Gasteiger partial charge is 0.462 e. The number of rotatable bonds is 4. The number of esters is 1. The molecule has 2 heterocycles. The van der Waals surface area contributed by atoms with Gasteiger partial charge in [0, 0.05) is 18.9 Å². The summed E-state index contributed by atoms with van der Waals surface area (Å²) in [4.78, 5) is 14.8. The molecular formula is C17H22BrNO3. The molecule has 2 bridgehead atoms. The van der Waals surface area contributed by atoms with Gasteiger partial charge in [-0.15, -0.1) is 0 Å². The van der Waals surface area contributed by atoms with E-state index in [1.807, 2.05) is 30.3 Å². The fourth-order valence-electron chi connectivity index (χ4n) is 3.68. The molecule has 3 unspecified atom stereocenters. The Morgan fingerprint density at radius 2 is 2.23 bits per heavy atom. The Morgan fingerprint density at radius 1 is 1.50 bits per heavy atom. The molecule has 0 aromatic heterocycles. The highest BCUT2D eigenvalue weighted by Crippen LogP contribution is 2.47. The van der Waals surface area contributed by atoms with E-state index in [1.54, 1.807) is 0 Å². The van der Waals surface area contributed by atoms with Gasteiger partial charge in [-0.1, -0.05) is 46.3 Å². The van der Waals surface area contributed by atoms with Crippen LogP contribution in [0.1, 0.15) is 37.2 Å². The summed E-state index contributed by atoms with van der Waals surface area (Å²) in [5.74, 6) is -0.913. The van der Waals surface area contributed by atoms with Crippen LogP contribution in [0.4, 0.5) is 0 Å². The summed E-state index contributed by atoms with van der Waals surface area (Å²) in [7, 11) is 2.13. The van der Waals surface area contributed by atoms with Crippen LogP contribution in [0.5, 0.6) is 0 Å². The summed E-state index contributed by atoms with van der Waals surface area (Å²) in [5.41, 5.74) is 0.805. The summed E-state index contributed by atoms with van der Waals surface area (Å²) in [6.07, 6.45) is 3.83. The van der Waals surface area contributed by atoms with E-state index in [0.717, 1.165) is 31.2 Å². The molecule has 2 saturated heterocycles. The number of benzene rings is 1. The van der Waals surface area contributed by atoms with Crippen LogP contribution in [-0.4, -0.2) is 46.2 Å². The maximum atomic E-state index is 12.5. The zero-order valence-corrected chi connectivity index (χ0v) is 14.3. The molecule has 1 aromatic carbocycles. The van der Waals surface area contributed by atoms with Crippen molar-refractivity contribution in [1.82, 2.24) is 4.90 Å². The van der Waals surface area contributed by atoms with E-state index in [9.17, 15) is 9.90 Å². The third-order valence-electron chi connectivity index (χ3n) is 5.07. The maximum absolute atomic E-state index is 12.5. The fraction of sp³-hybridized carbons (Fsp3) is 0.588. The third kappa shape index (κ3) is 2.94. The monoisotopic (exact) mass is 367 g/mol. The van der Waals surface area contributed by atoms with Gasteiger partial charge in [0.05, 0.1) is 11.1 Å². The number of carbonyl (C=O) groups excluding carboxylic acids is 1. The van der Waals surface area contributed by atoms with Crippen molar-refractivity contribution in [1.29, 1.82) is 0 Å². The highest BCUT2D eigenvalue weighted by molar-refractivity contribution is 9.10. The lowest BCUT2D eigenvalue weighted by Gasteiger charge is -2.41. The number of ether oxygens (including phenoxy) is 1. The van der Waals surface area contributed by atoms with Gasteiger partial charge in [-0.05, 0) is 25.5 Å². The first kappa shape index (κ1) is 16.0. The summed E-state index contributed by atoms with van der Waals surface area (Å²) in [6, 6.07) is 9.81. The number of piperidine rings is 1. The lowest BCUT2D eigenvalue weighted by molar-refractivity contribution is -0.155. The molecule has 4 nitrogen and oxygen atoms in total. The van der Waals surface area contributed by atoms with E-state index in [4.69, 9.17) is 4.74 Å². The Bertz CT molecular complexity index is 538. The van der Waals surface area contributed by atoms with Gasteiger partial charge in [0.2, 0.25) is 0 Å². The Kier molecular flexibility index (Phi) is 4.57. The SMILES string of the molecule is CN1C2CCC1(Br)CC(OC(=O)[C@H](CO)c1ccccc1)C2. The average molecular weight is 368 g/mol. The van der Waals surface area contributed by atoms with Gasteiger partial charge in [0.15, 0.2) is 0 Å². The first-order chi connectivity index (χ1) is 10.5. The smallest absolute Gasteiger partial charge is 0.316 e. The highest BCUT2D eigenvalue weighted by Gasteiger charge is 2.49. The molecule has 2 fully saturated rings. The standard InChI is InChI=1S/C17H22BrNO3/c1-19-13-7-8-17(19,18)10-14(9-13)22-16(21)15(11-20)12-5-3-2-4-6-12/h2-6,13-15,20H,7-11H2,1H3/t13?,14?,15-,17?/m1/s1. The van der Waals surface area contributed by atoms with E-state index in [-0.39, 0.29) is 23.1 Å². The summed E-state index contributed by atoms with van der Waals surface area (Å²) >= 11 is 3.82. The van der Waals surface area contributed by atoms with E-state index >= 15 is 0 Å². The van der Waals surface area contributed by atoms with Crippen molar-refractivity contribution in [3.8, 4) is 0 Å². The van der Waals surface area contributed by atoms with E-state index in [1.165, 1.54) is 0 Å². The highest BCUT2D eigenvalue weighted by atomic mass is 79.9. The zero-order chi connectivity index (χ0) is 15.7. The lowest BCUT2D eigenvalue weighted by Crippen LogP contribution is -2.49. The van der Waals surface area contributed by atoms with Gasteiger partial charge < -0.3 is 9.84 Å². The average Bonchev–Trinajstić information content (AvgIpc) is 2.68. The number of aliphatic hydroxyl groups excluding tert-OH is 1. The van der Waals surface area contributed by atoms with Crippen LogP contribution in [0.15, 0.2) is 30.3 Å². The summed E-state index contributed by atoms with van der Waals surface area (Å²) in [5, 5.41) is 9.57. The molecule has 1 aromatic rings. The first-order valence-corrected chi connectivity index (χ1v) is 8.61. The Balaban J connectivity index is 1.67. The lowest BCUT2D eigenvalue weighted by atomic mass is 9.98. The van der Waals surface area contributed by atoms with Crippen molar-refractivity contribution in [2.24, 2.45) is 0 Å². The van der Waals surface area contributed by atoms with Crippen LogP contribution < -0.4 is 0 Å². The topological polar surface area (TPSA) is 49.8 Å². The van der Waals surface area contributed by atoms with Crippen molar-refractivity contribution >= 4 is 21.9 Å². The Hall–Kier alpha value is -0.910. The zero-order valence-electron chi connectivity index (χ0n) is 12.7. The number of aliphatic hydroxyl groups is 1. The van der Waals surface area contributed by atoms with E-state index in [2.05, 4.69) is 27.9 Å². The minimum Gasteiger partial charge on any atom is -0.462 e. The van der Waals surface area contributed by atoms with Crippen LogP contribution in [-0.2, 0) is 9.53 Å². The molecule has 1 N–H and O–H groups in total. The molecule has 0 spiro atoms. The molecular weight excluding hydrogens is 346 g/mol. The van der Waals surface area contributed by atoms with Crippen molar-refractivity contribution in [3.05, 3.63) is 35.9 Å². The second-order valence-electron chi connectivity index (χ2n) is 6.37. The predicted octanol–water partition coefficient (Wildman–Crippen LogP) is 2.65. The van der Waals surface area contributed by atoms with Crippen LogP contribution in [0, 0.1) is 0 Å². The van der Waals surface area contributed by atoms with Crippen LogP contribution >= 0.6 is 15.9 Å². The van der Waals surface area contributed by atoms with Crippen molar-refractivity contribution in [2.75, 3.05) is 13.7 Å². The third-order valence-corrected chi connectivity index (χ3v) is 6.35. The summed E-state index contributed by atoms with van der Waals surface area (Å²) < 4.78 is 5.70. The van der Waals surface area contributed by atoms with Crippen molar-refractivity contribution < 1.29 is 14.6 Å². The van der Waals surface area contributed by atoms with E-state index < -0.39 is 5.92 Å². The first-order valence-electron chi connectivity index (χ1n) is 7.81. The maximum Gasteiger partial charge on any atom is 0.316 e. The molecule has 4 atom stereocenters. The molecule has 3 rings (SSSR count). The molecule has 0 saturated carbocycles. The minimum atomic E-state index is -0.593. The number of halogens is 1. The Morgan fingerprint density at radius 3 is 2.86 bits per heavy atom. The number of fused-ring (bicyclic) bond motifs is 2. The van der Waals surface area contributed by atoms with Gasteiger partial charge in [-0.3, -0.25) is 9.69 Å². The molecule has 2 aliphatic rings. The second kappa shape index (κ2) is 6.30. The summed E-state index contributed by atoms with van der Waals surface area (Å²) in [6.45, 7) is -0.224. The van der Waals surface area contributed by atoms with Gasteiger partial charge in [-0.2, -0.15) is 0 Å². The number of nitrogens with zero attached hydrogens (tertiary/aromatic N) is 1. The van der Waals surface area contributed by atoms with Crippen molar-refractivity contribution in [3.63, 3.8) is 0 Å². The predicted molar refractivity (Wildman–Crippen MR) is 87.8 cm³/mol. The molecule has 120 valence electrons. The van der Waals surface area contributed by atoms with Gasteiger partial charge in [0.25, 0.3) is 0 Å². The number of alkyl halides is 1. The number of carbonyl (C=O) groups is 1. The van der Waals surface area contributed by atoms with Gasteiger partial charge >= 0.3 is 5.97 Å². The minimum absolute atomic E-state index is 0.0394. The molecule has 0 radical (unpaired) electrons. The Labute approximate surface area is 139 Å². The normalized spacial score (nSPS) is 32.7. The molecule has 0 amide bonds. The fourth-order valence-corrected chi connectivity index (χ4v) is 4.56. The van der Waals surface area contributed by atoms with E-state index in [0.29, 0.717) is 6.04 Å². The molecule has 0 aliphatic carbocycles. The molecule has 2 aliphatic heterocycles. The van der Waals surface area contributed by atoms with Gasteiger partial charge in [0.1, 0.15) is 12.0 Å². The molecule has 22 heavy (non-hydrogen) atoms. The van der Waals surface area contributed by atoms with Gasteiger partial charge in [-0.25, -0.2) is 0 Å². The number of hydrogen-bond acceptors (Lipinski definition) is 4. The quantitative estimate of drug-likeness (QED) is 0.504. The van der Waals surface area contributed by atoms with Crippen LogP contribution in [0.25, 0.3) is 0 Å². The second-order valence-corrected chi connectivity index (χ2v) is 7.84. The van der Waals surface area contributed by atoms with Crippen LogP contribution in [0.3, 0.4) is 0 Å². The van der Waals surface area contributed by atoms with Crippen molar-refractivity contribution in [2.45, 2.75) is 48.2 Å². The molecule has 5 heteroatoms. The van der Waals surface area contributed by atoms with Crippen LogP contribution in [0.2, 0.25) is 0 Å².